The van der Waals surface area contributed by atoms with Crippen LogP contribution in [-0.2, 0) is 14.8 Å². The molecule has 1 saturated carbocycles. The molecule has 1 unspecified atom stereocenters. The number of sulfonamides is 1. The van der Waals surface area contributed by atoms with Crippen molar-refractivity contribution in [1.29, 1.82) is 0 Å². The molecule has 2 amide bonds. The number of nitrogens with one attached hydrogen (secondary N) is 2. The Balaban J connectivity index is 1.98. The summed E-state index contributed by atoms with van der Waals surface area (Å²) in [7, 11) is -3.41. The number of benzene rings is 1. The molecule has 1 atom stereocenters. The smallest absolute Gasteiger partial charge is 0.251 e. The number of rotatable bonds is 10. The Kier molecular flexibility index (Phi) is 8.00. The predicted octanol–water partition coefficient (Wildman–Crippen LogP) is 3.30. The topological polar surface area (TPSA) is 128 Å². The highest BCUT2D eigenvalue weighted by Gasteiger charge is 2.51. The number of primary amides is 1. The summed E-state index contributed by atoms with van der Waals surface area (Å²) < 4.78 is 46.3. The minimum Gasteiger partial charge on any atom is -0.492 e. The Morgan fingerprint density at radius 1 is 1.25 bits per heavy atom. The van der Waals surface area contributed by atoms with Gasteiger partial charge in [-0.15, -0.1) is 0 Å². The van der Waals surface area contributed by atoms with Crippen LogP contribution in [0.5, 0.6) is 5.75 Å². The zero-order chi connectivity index (χ0) is 26.9. The lowest BCUT2D eigenvalue weighted by molar-refractivity contribution is -0.126. The lowest BCUT2D eigenvalue weighted by atomic mass is 9.70. The van der Waals surface area contributed by atoms with Crippen LogP contribution in [0.4, 0.5) is 4.39 Å². The van der Waals surface area contributed by atoms with E-state index in [0.29, 0.717) is 34.6 Å². The summed E-state index contributed by atoms with van der Waals surface area (Å²) in [5, 5.41) is 2.89. The van der Waals surface area contributed by atoms with Gasteiger partial charge in [0.15, 0.2) is 0 Å². The van der Waals surface area contributed by atoms with Crippen LogP contribution in [-0.4, -0.2) is 46.2 Å². The SMILES string of the molecule is CC1=C(c2ccc(C(=O)NCC(C)(C)C)cc2OCCNS(C)(=O)=O)CC(C(N)=O)(C2CC2)C=C1F. The lowest BCUT2D eigenvalue weighted by Crippen LogP contribution is -2.39. The van der Waals surface area contributed by atoms with E-state index in [0.717, 1.165) is 19.1 Å². The van der Waals surface area contributed by atoms with Gasteiger partial charge < -0.3 is 15.8 Å². The first kappa shape index (κ1) is 27.9. The van der Waals surface area contributed by atoms with E-state index in [1.807, 2.05) is 20.8 Å². The van der Waals surface area contributed by atoms with Crippen LogP contribution in [0.1, 0.15) is 62.9 Å². The fourth-order valence-electron chi connectivity index (χ4n) is 4.34. The number of allylic oxidation sites excluding steroid dienone is 3. The van der Waals surface area contributed by atoms with Crippen LogP contribution in [0.15, 0.2) is 35.7 Å². The number of ether oxygens (including phenoxy) is 1. The molecule has 0 saturated heterocycles. The molecular formula is C26H36FN3O5S. The molecule has 2 aliphatic rings. The average molecular weight is 522 g/mol. The largest absolute Gasteiger partial charge is 0.492 e. The molecule has 10 heteroatoms. The number of hydrogen-bond donors (Lipinski definition) is 3. The molecule has 4 N–H and O–H groups in total. The van der Waals surface area contributed by atoms with Crippen LogP contribution >= 0.6 is 0 Å². The summed E-state index contributed by atoms with van der Waals surface area (Å²) >= 11 is 0. The first-order valence-electron chi connectivity index (χ1n) is 12.0. The Labute approximate surface area is 212 Å². The molecule has 8 nitrogen and oxygen atoms in total. The maximum atomic E-state index is 15.2. The number of nitrogens with two attached hydrogens (primary N) is 1. The van der Waals surface area contributed by atoms with E-state index in [1.54, 1.807) is 25.1 Å². The standard InChI is InChI=1S/C26H36FN3O5S/c1-16-20(13-26(24(28)32,14-21(16)27)18-7-8-18)19-9-6-17(23(31)29-15-25(2,3)4)12-22(19)35-11-10-30-36(5,33)34/h6,9,12,14,18,30H,7-8,10-11,13,15H2,1-5H3,(H2,28,32)(H,29,31). The highest BCUT2D eigenvalue weighted by Crippen LogP contribution is 2.55. The van der Waals surface area contributed by atoms with Crippen molar-refractivity contribution < 1.29 is 27.1 Å². The summed E-state index contributed by atoms with van der Waals surface area (Å²) in [6, 6.07) is 4.88. The summed E-state index contributed by atoms with van der Waals surface area (Å²) in [6.45, 7) is 8.11. The summed E-state index contributed by atoms with van der Waals surface area (Å²) in [5.74, 6) is -1.08. The van der Waals surface area contributed by atoms with Crippen molar-refractivity contribution in [3.63, 3.8) is 0 Å². The van der Waals surface area contributed by atoms with Crippen LogP contribution in [0.3, 0.4) is 0 Å². The second-order valence-corrected chi connectivity index (χ2v) is 12.8. The molecule has 0 spiro atoms. The zero-order valence-electron chi connectivity index (χ0n) is 21.5. The van der Waals surface area contributed by atoms with E-state index in [-0.39, 0.29) is 36.8 Å². The van der Waals surface area contributed by atoms with Gasteiger partial charge in [0.05, 0.1) is 11.7 Å². The van der Waals surface area contributed by atoms with Crippen molar-refractivity contribution in [2.45, 2.75) is 47.0 Å². The zero-order valence-corrected chi connectivity index (χ0v) is 22.4. The van der Waals surface area contributed by atoms with Crippen LogP contribution in [0, 0.1) is 16.7 Å². The summed E-state index contributed by atoms with van der Waals surface area (Å²) in [5.41, 5.74) is 6.39. The van der Waals surface area contributed by atoms with Gasteiger partial charge in [-0.25, -0.2) is 17.5 Å². The van der Waals surface area contributed by atoms with Crippen LogP contribution < -0.4 is 20.5 Å². The van der Waals surface area contributed by atoms with Gasteiger partial charge in [-0.3, -0.25) is 9.59 Å². The van der Waals surface area contributed by atoms with E-state index >= 15 is 4.39 Å². The molecule has 0 aromatic heterocycles. The normalized spacial score (nSPS) is 20.7. The lowest BCUT2D eigenvalue weighted by Gasteiger charge is -2.33. The molecule has 198 valence electrons. The van der Waals surface area contributed by atoms with Gasteiger partial charge in [-0.1, -0.05) is 26.8 Å². The number of amides is 2. The Morgan fingerprint density at radius 2 is 1.92 bits per heavy atom. The Bertz CT molecular complexity index is 1210. The van der Waals surface area contributed by atoms with E-state index in [9.17, 15) is 18.0 Å². The quantitative estimate of drug-likeness (QED) is 0.407. The minimum atomic E-state index is -3.41. The van der Waals surface area contributed by atoms with Gasteiger partial charge in [0.25, 0.3) is 5.91 Å². The second-order valence-electron chi connectivity index (χ2n) is 10.9. The van der Waals surface area contributed by atoms with Gasteiger partial charge in [-0.2, -0.15) is 0 Å². The molecule has 1 fully saturated rings. The van der Waals surface area contributed by atoms with Crippen LogP contribution in [0.2, 0.25) is 0 Å². The number of halogens is 1. The summed E-state index contributed by atoms with van der Waals surface area (Å²) in [6.07, 6.45) is 4.22. The summed E-state index contributed by atoms with van der Waals surface area (Å²) in [4.78, 5) is 25.3. The van der Waals surface area contributed by atoms with Gasteiger partial charge >= 0.3 is 0 Å². The molecule has 0 heterocycles. The first-order valence-corrected chi connectivity index (χ1v) is 13.9. The van der Waals surface area contributed by atoms with E-state index in [2.05, 4.69) is 10.0 Å². The second kappa shape index (κ2) is 10.3. The molecule has 0 bridgehead atoms. The van der Waals surface area contributed by atoms with Gasteiger partial charge in [0.1, 0.15) is 18.2 Å². The molecule has 1 aromatic carbocycles. The minimum absolute atomic E-state index is 0.0122. The Hall–Kier alpha value is -2.72. The molecule has 3 rings (SSSR count). The van der Waals surface area contributed by atoms with Crippen molar-refractivity contribution in [3.8, 4) is 5.75 Å². The van der Waals surface area contributed by atoms with Crippen molar-refractivity contribution >= 4 is 27.4 Å². The van der Waals surface area contributed by atoms with Gasteiger partial charge in [0, 0.05) is 24.2 Å². The Morgan fingerprint density at radius 3 is 2.47 bits per heavy atom. The number of carbonyl (C=O) groups excluding carboxylic acids is 2. The highest BCUT2D eigenvalue weighted by atomic mass is 32.2. The molecule has 0 aliphatic heterocycles. The van der Waals surface area contributed by atoms with Gasteiger partial charge in [0.2, 0.25) is 15.9 Å². The maximum Gasteiger partial charge on any atom is 0.251 e. The van der Waals surface area contributed by atoms with E-state index in [1.165, 1.54) is 6.08 Å². The van der Waals surface area contributed by atoms with Crippen molar-refractivity contribution in [1.82, 2.24) is 10.0 Å². The predicted molar refractivity (Wildman–Crippen MR) is 137 cm³/mol. The molecular weight excluding hydrogens is 485 g/mol. The third-order valence-electron chi connectivity index (χ3n) is 6.50. The number of hydrogen-bond acceptors (Lipinski definition) is 5. The van der Waals surface area contributed by atoms with Crippen molar-refractivity contribution in [2.24, 2.45) is 22.5 Å². The van der Waals surface area contributed by atoms with Crippen LogP contribution in [0.25, 0.3) is 5.57 Å². The monoisotopic (exact) mass is 521 g/mol. The van der Waals surface area contributed by atoms with Crippen molar-refractivity contribution in [2.75, 3.05) is 26.0 Å². The average Bonchev–Trinajstić information content (AvgIpc) is 3.61. The molecule has 2 aliphatic carbocycles. The molecule has 0 radical (unpaired) electrons. The fraction of sp³-hybridized carbons (Fsp3) is 0.538. The fourth-order valence-corrected chi connectivity index (χ4v) is 4.79. The maximum absolute atomic E-state index is 15.2. The van der Waals surface area contributed by atoms with E-state index < -0.39 is 27.2 Å². The third kappa shape index (κ3) is 6.73. The van der Waals surface area contributed by atoms with Crippen molar-refractivity contribution in [3.05, 3.63) is 46.8 Å². The highest BCUT2D eigenvalue weighted by molar-refractivity contribution is 7.88. The first-order chi connectivity index (χ1) is 16.6. The third-order valence-corrected chi connectivity index (χ3v) is 7.23. The molecule has 1 aromatic rings. The van der Waals surface area contributed by atoms with E-state index in [4.69, 9.17) is 10.5 Å². The van der Waals surface area contributed by atoms with Gasteiger partial charge in [-0.05, 0) is 66.9 Å². The number of carbonyl (C=O) groups is 2. The molecule has 36 heavy (non-hydrogen) atoms.